The number of carboxylic acids is 1. The number of amides is 1. The molecule has 7 nitrogen and oxygen atoms in total. The lowest BCUT2D eigenvalue weighted by Gasteiger charge is -2.38. The molecule has 7 heteroatoms. The van der Waals surface area contributed by atoms with Crippen molar-refractivity contribution in [2.75, 3.05) is 44.7 Å². The second-order valence-electron chi connectivity index (χ2n) is 6.10. The van der Waals surface area contributed by atoms with Crippen LogP contribution in [0, 0.1) is 0 Å². The van der Waals surface area contributed by atoms with Crippen LogP contribution in [0.5, 0.6) is 5.75 Å². The normalized spacial score (nSPS) is 16.3. The molecule has 0 radical (unpaired) electrons. The van der Waals surface area contributed by atoms with Gasteiger partial charge < -0.3 is 20.0 Å². The molecule has 0 saturated carbocycles. The van der Waals surface area contributed by atoms with Gasteiger partial charge in [0.25, 0.3) is 0 Å². The van der Waals surface area contributed by atoms with Gasteiger partial charge >= 0.3 is 5.97 Å². The topological polar surface area (TPSA) is 84.3 Å². The van der Waals surface area contributed by atoms with Crippen LogP contribution in [0.15, 0.2) is 24.3 Å². The van der Waals surface area contributed by atoms with Gasteiger partial charge in [-0.15, -0.1) is 0 Å². The third-order valence-corrected chi connectivity index (χ3v) is 4.51. The minimum absolute atomic E-state index is 0.0137. The Morgan fingerprint density at radius 3 is 2.42 bits per heavy atom. The number of carbonyl (C=O) groups excluding carboxylic acids is 1. The number of nitrogens with zero attached hydrogens (tertiary/aromatic N) is 3. The highest BCUT2D eigenvalue weighted by molar-refractivity contribution is 5.82. The van der Waals surface area contributed by atoms with Gasteiger partial charge in [0.2, 0.25) is 5.91 Å². The number of aliphatic carboxylic acids is 1. The van der Waals surface area contributed by atoms with Crippen molar-refractivity contribution in [1.82, 2.24) is 9.80 Å². The highest BCUT2D eigenvalue weighted by Crippen LogP contribution is 2.27. The standard InChI is InChI=1S/C17H25N3O4/c1-13(18(2)8-7-16(22)23)17(24)20-11-9-19(10-12-20)14-5-3-4-6-15(14)21/h3-6,13,21H,7-12H2,1-2H3,(H,22,23). The molecule has 0 aromatic heterocycles. The molecular weight excluding hydrogens is 310 g/mol. The van der Waals surface area contributed by atoms with Gasteiger partial charge in [-0.25, -0.2) is 0 Å². The van der Waals surface area contributed by atoms with E-state index >= 15 is 0 Å². The number of carbonyl (C=O) groups is 2. The summed E-state index contributed by atoms with van der Waals surface area (Å²) < 4.78 is 0. The van der Waals surface area contributed by atoms with Gasteiger partial charge in [-0.2, -0.15) is 0 Å². The SMILES string of the molecule is CC(C(=O)N1CCN(c2ccccc2O)CC1)N(C)CCC(=O)O. The molecule has 2 rings (SSSR count). The Hall–Kier alpha value is -2.28. The fraction of sp³-hybridized carbons (Fsp3) is 0.529. The smallest absolute Gasteiger partial charge is 0.304 e. The van der Waals surface area contributed by atoms with Gasteiger partial charge in [-0.3, -0.25) is 14.5 Å². The number of hydrogen-bond donors (Lipinski definition) is 2. The maximum atomic E-state index is 12.6. The summed E-state index contributed by atoms with van der Waals surface area (Å²) >= 11 is 0. The van der Waals surface area contributed by atoms with Crippen LogP contribution in [-0.2, 0) is 9.59 Å². The van der Waals surface area contributed by atoms with E-state index in [9.17, 15) is 14.7 Å². The molecule has 2 N–H and O–H groups in total. The van der Waals surface area contributed by atoms with Crippen LogP contribution in [0.2, 0.25) is 0 Å². The van der Waals surface area contributed by atoms with Gasteiger partial charge in [0.1, 0.15) is 5.75 Å². The Bertz CT molecular complexity index is 585. The number of benzene rings is 1. The Kier molecular flexibility index (Phi) is 6.03. The number of rotatable bonds is 6. The summed E-state index contributed by atoms with van der Waals surface area (Å²) in [6.45, 7) is 4.65. The first-order chi connectivity index (χ1) is 11.4. The van der Waals surface area contributed by atoms with E-state index in [0.29, 0.717) is 32.7 Å². The van der Waals surface area contributed by atoms with Gasteiger partial charge in [0.05, 0.1) is 18.2 Å². The van der Waals surface area contributed by atoms with Gasteiger partial charge in [0.15, 0.2) is 0 Å². The molecule has 1 fully saturated rings. The van der Waals surface area contributed by atoms with E-state index in [-0.39, 0.29) is 24.1 Å². The van der Waals surface area contributed by atoms with Crippen molar-refractivity contribution in [3.63, 3.8) is 0 Å². The molecule has 1 amide bonds. The van der Waals surface area contributed by atoms with Crippen LogP contribution in [0.4, 0.5) is 5.69 Å². The minimum atomic E-state index is -0.863. The quantitative estimate of drug-likeness (QED) is 0.801. The van der Waals surface area contributed by atoms with E-state index in [1.54, 1.807) is 35.9 Å². The Balaban J connectivity index is 1.88. The molecule has 1 saturated heterocycles. The molecule has 1 unspecified atom stereocenters. The zero-order chi connectivity index (χ0) is 17.7. The molecule has 0 bridgehead atoms. The third kappa shape index (κ3) is 4.38. The maximum absolute atomic E-state index is 12.6. The predicted molar refractivity (Wildman–Crippen MR) is 91.2 cm³/mol. The molecule has 0 aliphatic carbocycles. The largest absolute Gasteiger partial charge is 0.506 e. The van der Waals surface area contributed by atoms with Crippen LogP contribution < -0.4 is 4.90 Å². The Labute approximate surface area is 142 Å². The second kappa shape index (κ2) is 8.01. The summed E-state index contributed by atoms with van der Waals surface area (Å²) in [5, 5.41) is 18.7. The van der Waals surface area contributed by atoms with E-state index < -0.39 is 5.97 Å². The predicted octanol–water partition coefficient (Wildman–Crippen LogP) is 0.836. The number of aromatic hydroxyl groups is 1. The van der Waals surface area contributed by atoms with Gasteiger partial charge in [0, 0.05) is 32.7 Å². The first-order valence-electron chi connectivity index (χ1n) is 8.14. The van der Waals surface area contributed by atoms with Crippen LogP contribution in [0.1, 0.15) is 13.3 Å². The number of piperazine rings is 1. The Morgan fingerprint density at radius 2 is 1.83 bits per heavy atom. The Morgan fingerprint density at radius 1 is 1.21 bits per heavy atom. The van der Waals surface area contributed by atoms with Crippen molar-refractivity contribution >= 4 is 17.6 Å². The molecule has 1 heterocycles. The number of phenols is 1. The van der Waals surface area contributed by atoms with E-state index in [1.807, 2.05) is 12.1 Å². The summed E-state index contributed by atoms with van der Waals surface area (Å²) in [5.41, 5.74) is 0.788. The molecule has 1 aliphatic heterocycles. The van der Waals surface area contributed by atoms with Gasteiger partial charge in [-0.05, 0) is 26.1 Å². The lowest BCUT2D eigenvalue weighted by molar-refractivity contribution is -0.140. The van der Waals surface area contributed by atoms with E-state index in [0.717, 1.165) is 5.69 Å². The van der Waals surface area contributed by atoms with Crippen molar-refractivity contribution in [3.05, 3.63) is 24.3 Å². The summed E-state index contributed by atoms with van der Waals surface area (Å²) in [4.78, 5) is 28.9. The molecule has 132 valence electrons. The first-order valence-corrected chi connectivity index (χ1v) is 8.14. The molecule has 1 aliphatic rings. The van der Waals surface area contributed by atoms with Gasteiger partial charge in [-0.1, -0.05) is 12.1 Å². The van der Waals surface area contributed by atoms with E-state index in [2.05, 4.69) is 4.90 Å². The number of hydrogen-bond acceptors (Lipinski definition) is 5. The summed E-state index contributed by atoms with van der Waals surface area (Å²) in [6.07, 6.45) is 0.0230. The van der Waals surface area contributed by atoms with Crippen LogP contribution in [0.25, 0.3) is 0 Å². The summed E-state index contributed by atoms with van der Waals surface area (Å²) in [6, 6.07) is 6.85. The van der Waals surface area contributed by atoms with Crippen LogP contribution >= 0.6 is 0 Å². The van der Waals surface area contributed by atoms with Crippen LogP contribution in [-0.4, -0.2) is 77.7 Å². The molecule has 0 spiro atoms. The minimum Gasteiger partial charge on any atom is -0.506 e. The van der Waals surface area contributed by atoms with E-state index in [1.165, 1.54) is 0 Å². The number of anilines is 1. The van der Waals surface area contributed by atoms with Crippen molar-refractivity contribution in [2.45, 2.75) is 19.4 Å². The van der Waals surface area contributed by atoms with Crippen molar-refractivity contribution < 1.29 is 19.8 Å². The fourth-order valence-electron chi connectivity index (χ4n) is 2.82. The number of para-hydroxylation sites is 2. The number of carboxylic acid groups (broad SMARTS) is 1. The molecule has 24 heavy (non-hydrogen) atoms. The molecule has 1 aromatic rings. The fourth-order valence-corrected chi connectivity index (χ4v) is 2.82. The first kappa shape index (κ1) is 18.1. The summed E-state index contributed by atoms with van der Waals surface area (Å²) in [5.74, 6) is -0.600. The van der Waals surface area contributed by atoms with Crippen LogP contribution in [0.3, 0.4) is 0 Å². The average Bonchev–Trinajstić information content (AvgIpc) is 2.59. The zero-order valence-corrected chi connectivity index (χ0v) is 14.2. The summed E-state index contributed by atoms with van der Waals surface area (Å²) in [7, 11) is 1.77. The average molecular weight is 335 g/mol. The molecule has 1 atom stereocenters. The monoisotopic (exact) mass is 335 g/mol. The highest BCUT2D eigenvalue weighted by Gasteiger charge is 2.27. The lowest BCUT2D eigenvalue weighted by atomic mass is 10.2. The van der Waals surface area contributed by atoms with Crippen molar-refractivity contribution in [1.29, 1.82) is 0 Å². The van der Waals surface area contributed by atoms with Crippen molar-refractivity contribution in [3.8, 4) is 5.75 Å². The van der Waals surface area contributed by atoms with E-state index in [4.69, 9.17) is 5.11 Å². The highest BCUT2D eigenvalue weighted by atomic mass is 16.4. The number of likely N-dealkylation sites (N-methyl/N-ethyl adjacent to an activating group) is 1. The second-order valence-corrected chi connectivity index (χ2v) is 6.10. The zero-order valence-electron chi connectivity index (χ0n) is 14.2. The molecule has 1 aromatic carbocycles. The lowest BCUT2D eigenvalue weighted by Crippen LogP contribution is -2.53. The third-order valence-electron chi connectivity index (χ3n) is 4.51. The maximum Gasteiger partial charge on any atom is 0.304 e. The van der Waals surface area contributed by atoms with Crippen molar-refractivity contribution in [2.24, 2.45) is 0 Å². The number of phenolic OH excluding ortho intramolecular Hbond substituents is 1. The molecular formula is C17H25N3O4.